The molecule has 0 bridgehead atoms. The van der Waals surface area contributed by atoms with E-state index in [0.29, 0.717) is 17.2 Å². The van der Waals surface area contributed by atoms with Crippen LogP contribution in [0, 0.1) is 0 Å². The molecule has 1 aromatic rings. The van der Waals surface area contributed by atoms with Crippen molar-refractivity contribution in [2.75, 3.05) is 5.32 Å². The Morgan fingerprint density at radius 1 is 1.16 bits per heavy atom. The van der Waals surface area contributed by atoms with E-state index < -0.39 is 5.79 Å². The van der Waals surface area contributed by atoms with Crippen molar-refractivity contribution >= 4 is 11.7 Å². The van der Waals surface area contributed by atoms with Crippen LogP contribution in [0.1, 0.15) is 34.6 Å². The molecule has 2 rings (SSSR count). The first-order valence-electron chi connectivity index (χ1n) is 6.26. The van der Waals surface area contributed by atoms with E-state index in [-0.39, 0.29) is 11.6 Å². The van der Waals surface area contributed by atoms with Gasteiger partial charge in [0.2, 0.25) is 5.79 Å². The number of carbonyl (C=O) groups is 1. The summed E-state index contributed by atoms with van der Waals surface area (Å²) in [5.41, 5.74) is 0.393. The fourth-order valence-corrected chi connectivity index (χ4v) is 1.80. The van der Waals surface area contributed by atoms with Crippen LogP contribution in [0.5, 0.6) is 11.5 Å². The molecule has 0 aromatic heterocycles. The van der Waals surface area contributed by atoms with Gasteiger partial charge in [0.25, 0.3) is 0 Å². The number of benzene rings is 1. The van der Waals surface area contributed by atoms with Gasteiger partial charge < -0.3 is 20.1 Å². The maximum absolute atomic E-state index is 11.8. The molecule has 0 saturated heterocycles. The normalized spacial score (nSPS) is 16.1. The molecule has 1 aliphatic heterocycles. The summed E-state index contributed by atoms with van der Waals surface area (Å²) in [5.74, 6) is 0.666. The van der Waals surface area contributed by atoms with E-state index in [9.17, 15) is 4.79 Å². The molecule has 1 aromatic carbocycles. The van der Waals surface area contributed by atoms with Crippen molar-refractivity contribution in [3.63, 3.8) is 0 Å². The van der Waals surface area contributed by atoms with Gasteiger partial charge >= 0.3 is 6.03 Å². The van der Waals surface area contributed by atoms with E-state index in [1.807, 2.05) is 34.6 Å². The monoisotopic (exact) mass is 264 g/mol. The van der Waals surface area contributed by atoms with Crippen molar-refractivity contribution in [2.45, 2.75) is 45.9 Å². The van der Waals surface area contributed by atoms with Crippen LogP contribution in [0.3, 0.4) is 0 Å². The summed E-state index contributed by atoms with van der Waals surface area (Å²) < 4.78 is 11.2. The summed E-state index contributed by atoms with van der Waals surface area (Å²) in [7, 11) is 0. The number of anilines is 1. The zero-order chi connectivity index (χ0) is 14.3. The van der Waals surface area contributed by atoms with Gasteiger partial charge in [-0.3, -0.25) is 0 Å². The predicted octanol–water partition coefficient (Wildman–Crippen LogP) is 3.11. The zero-order valence-corrected chi connectivity index (χ0v) is 12.0. The van der Waals surface area contributed by atoms with Crippen molar-refractivity contribution in [3.05, 3.63) is 18.2 Å². The number of hydrogen-bond acceptors (Lipinski definition) is 3. The Morgan fingerprint density at radius 3 is 2.42 bits per heavy atom. The highest BCUT2D eigenvalue weighted by Gasteiger charge is 2.31. The molecule has 19 heavy (non-hydrogen) atoms. The first-order chi connectivity index (χ1) is 8.65. The zero-order valence-electron chi connectivity index (χ0n) is 12.0. The average Bonchev–Trinajstić information content (AvgIpc) is 2.47. The summed E-state index contributed by atoms with van der Waals surface area (Å²) in [6, 6.07) is 5.08. The SMILES string of the molecule is CC(C)(C)NC(=O)Nc1ccc2c(c1)OC(C)(C)O2. The van der Waals surface area contributed by atoms with Gasteiger partial charge in [-0.25, -0.2) is 4.79 Å². The Morgan fingerprint density at radius 2 is 1.79 bits per heavy atom. The minimum atomic E-state index is -0.658. The summed E-state index contributed by atoms with van der Waals surface area (Å²) in [4.78, 5) is 11.8. The van der Waals surface area contributed by atoms with Gasteiger partial charge in [-0.1, -0.05) is 0 Å². The number of carbonyl (C=O) groups excluding carboxylic acids is 1. The minimum Gasteiger partial charge on any atom is -0.449 e. The van der Waals surface area contributed by atoms with Crippen molar-refractivity contribution in [3.8, 4) is 11.5 Å². The maximum atomic E-state index is 11.8. The van der Waals surface area contributed by atoms with E-state index >= 15 is 0 Å². The lowest BCUT2D eigenvalue weighted by atomic mass is 10.1. The smallest absolute Gasteiger partial charge is 0.319 e. The molecule has 0 atom stereocenters. The van der Waals surface area contributed by atoms with Crippen LogP contribution in [-0.4, -0.2) is 17.4 Å². The molecular formula is C14H20N2O3. The molecule has 2 amide bonds. The van der Waals surface area contributed by atoms with Gasteiger partial charge in [-0.15, -0.1) is 0 Å². The van der Waals surface area contributed by atoms with Gasteiger partial charge in [0.1, 0.15) is 0 Å². The Balaban J connectivity index is 2.07. The quantitative estimate of drug-likeness (QED) is 0.819. The number of urea groups is 1. The summed E-state index contributed by atoms with van der Waals surface area (Å²) in [6.07, 6.45) is 0. The van der Waals surface area contributed by atoms with E-state index in [1.165, 1.54) is 0 Å². The molecule has 0 unspecified atom stereocenters. The second-order valence-corrected chi connectivity index (χ2v) is 6.09. The van der Waals surface area contributed by atoms with E-state index in [0.717, 1.165) is 0 Å². The second-order valence-electron chi connectivity index (χ2n) is 6.09. The van der Waals surface area contributed by atoms with E-state index in [2.05, 4.69) is 10.6 Å². The largest absolute Gasteiger partial charge is 0.449 e. The first-order valence-corrected chi connectivity index (χ1v) is 6.26. The molecule has 2 N–H and O–H groups in total. The highest BCUT2D eigenvalue weighted by Crippen LogP contribution is 2.40. The second kappa shape index (κ2) is 4.33. The number of hydrogen-bond donors (Lipinski definition) is 2. The summed E-state index contributed by atoms with van der Waals surface area (Å²) >= 11 is 0. The Hall–Kier alpha value is -1.91. The van der Waals surface area contributed by atoms with E-state index in [4.69, 9.17) is 9.47 Å². The minimum absolute atomic E-state index is 0.245. The highest BCUT2D eigenvalue weighted by atomic mass is 16.7. The van der Waals surface area contributed by atoms with Gasteiger partial charge in [-0.05, 0) is 32.9 Å². The third-order valence-corrected chi connectivity index (χ3v) is 2.40. The van der Waals surface area contributed by atoms with Crippen molar-refractivity contribution in [1.82, 2.24) is 5.32 Å². The molecule has 0 aliphatic carbocycles. The molecule has 1 aliphatic rings. The molecule has 1 heterocycles. The molecular weight excluding hydrogens is 244 g/mol. The van der Waals surface area contributed by atoms with E-state index in [1.54, 1.807) is 18.2 Å². The van der Waals surface area contributed by atoms with Crippen molar-refractivity contribution < 1.29 is 14.3 Å². The lowest BCUT2D eigenvalue weighted by Crippen LogP contribution is -2.43. The predicted molar refractivity (Wildman–Crippen MR) is 73.7 cm³/mol. The Bertz CT molecular complexity index is 504. The number of ether oxygens (including phenoxy) is 2. The van der Waals surface area contributed by atoms with Gasteiger partial charge in [0.15, 0.2) is 11.5 Å². The number of fused-ring (bicyclic) bond motifs is 1. The van der Waals surface area contributed by atoms with Crippen LogP contribution >= 0.6 is 0 Å². The third kappa shape index (κ3) is 3.53. The molecule has 5 heteroatoms. The van der Waals surface area contributed by atoms with Gasteiger partial charge in [0, 0.05) is 31.1 Å². The molecule has 104 valence electrons. The summed E-state index contributed by atoms with van der Waals surface area (Å²) in [6.45, 7) is 9.46. The highest BCUT2D eigenvalue weighted by molar-refractivity contribution is 5.90. The number of nitrogens with one attached hydrogen (secondary N) is 2. The van der Waals surface area contributed by atoms with Crippen LogP contribution in [0.15, 0.2) is 18.2 Å². The third-order valence-electron chi connectivity index (χ3n) is 2.40. The Labute approximate surface area is 113 Å². The maximum Gasteiger partial charge on any atom is 0.319 e. The van der Waals surface area contributed by atoms with Crippen LogP contribution in [0.25, 0.3) is 0 Å². The number of rotatable bonds is 1. The van der Waals surface area contributed by atoms with Crippen LogP contribution < -0.4 is 20.1 Å². The molecule has 0 spiro atoms. The van der Waals surface area contributed by atoms with Crippen LogP contribution in [-0.2, 0) is 0 Å². The molecule has 0 radical (unpaired) electrons. The lowest BCUT2D eigenvalue weighted by Gasteiger charge is -2.20. The van der Waals surface area contributed by atoms with Gasteiger partial charge in [0.05, 0.1) is 0 Å². The molecule has 5 nitrogen and oxygen atoms in total. The topological polar surface area (TPSA) is 59.6 Å². The van der Waals surface area contributed by atoms with Crippen LogP contribution in [0.4, 0.5) is 10.5 Å². The lowest BCUT2D eigenvalue weighted by molar-refractivity contribution is -0.0431. The van der Waals surface area contributed by atoms with Crippen LogP contribution in [0.2, 0.25) is 0 Å². The Kier molecular flexibility index (Phi) is 3.08. The standard InChI is InChI=1S/C14H20N2O3/c1-13(2,3)16-12(17)15-9-6-7-10-11(8-9)19-14(4,5)18-10/h6-8H,1-5H3,(H2,15,16,17). The fraction of sp³-hybridized carbons (Fsp3) is 0.500. The fourth-order valence-electron chi connectivity index (χ4n) is 1.80. The number of amides is 2. The first kappa shape index (κ1) is 13.5. The van der Waals surface area contributed by atoms with Crippen molar-refractivity contribution in [2.24, 2.45) is 0 Å². The van der Waals surface area contributed by atoms with Crippen molar-refractivity contribution in [1.29, 1.82) is 0 Å². The van der Waals surface area contributed by atoms with Gasteiger partial charge in [-0.2, -0.15) is 0 Å². The molecule has 0 saturated carbocycles. The molecule has 0 fully saturated rings. The average molecular weight is 264 g/mol. The summed E-state index contributed by atoms with van der Waals surface area (Å²) in [5, 5.41) is 5.60.